The van der Waals surface area contributed by atoms with Crippen LogP contribution >= 0.6 is 0 Å². The van der Waals surface area contributed by atoms with Crippen molar-refractivity contribution in [3.63, 3.8) is 0 Å². The lowest BCUT2D eigenvalue weighted by molar-refractivity contribution is -0.140. The third kappa shape index (κ3) is 4.79. The Morgan fingerprint density at radius 1 is 1.44 bits per heavy atom. The van der Waals surface area contributed by atoms with Gasteiger partial charge >= 0.3 is 12.1 Å². The number of aliphatic carboxylic acids is 1. The number of sulfonamides is 1. The molecule has 0 heterocycles. The van der Waals surface area contributed by atoms with E-state index in [1.165, 1.54) is 0 Å². The van der Waals surface area contributed by atoms with Gasteiger partial charge in [0.15, 0.2) is 0 Å². The maximum absolute atomic E-state index is 11.8. The highest BCUT2D eigenvalue weighted by molar-refractivity contribution is 7.89. The second kappa shape index (κ2) is 5.00. The highest BCUT2D eigenvalue weighted by atomic mass is 32.2. The second-order valence-electron chi connectivity index (χ2n) is 3.21. The van der Waals surface area contributed by atoms with Crippen molar-refractivity contribution in [2.45, 2.75) is 25.6 Å². The minimum absolute atomic E-state index is 0.418. The summed E-state index contributed by atoms with van der Waals surface area (Å²) in [7, 11) is -3.27. The predicted molar refractivity (Wildman–Crippen MR) is 49.3 cm³/mol. The second-order valence-corrected chi connectivity index (χ2v) is 5.36. The average molecular weight is 263 g/mol. The van der Waals surface area contributed by atoms with Gasteiger partial charge in [0.25, 0.3) is 0 Å². The zero-order valence-electron chi connectivity index (χ0n) is 8.65. The third-order valence-electron chi connectivity index (χ3n) is 1.99. The fourth-order valence-corrected chi connectivity index (χ4v) is 2.13. The lowest BCUT2D eigenvalue weighted by Crippen LogP contribution is -2.41. The highest BCUT2D eigenvalue weighted by Gasteiger charge is 2.34. The molecule has 0 spiro atoms. The van der Waals surface area contributed by atoms with Crippen molar-refractivity contribution >= 4 is 16.0 Å². The lowest BCUT2D eigenvalue weighted by atomic mass is 10.4. The summed E-state index contributed by atoms with van der Waals surface area (Å²) in [5.41, 5.74) is 0. The van der Waals surface area contributed by atoms with Crippen LogP contribution in [0.5, 0.6) is 0 Å². The fraction of sp³-hybridized carbons (Fsp3) is 0.857. The first-order valence-corrected chi connectivity index (χ1v) is 5.83. The smallest absolute Gasteiger partial charge is 0.390 e. The molecule has 0 aliphatic rings. The summed E-state index contributed by atoms with van der Waals surface area (Å²) in [5.74, 6) is -2.57. The van der Waals surface area contributed by atoms with Crippen LogP contribution in [0, 0.1) is 0 Å². The van der Waals surface area contributed by atoms with E-state index < -0.39 is 40.4 Å². The fourth-order valence-electron chi connectivity index (χ4n) is 0.785. The van der Waals surface area contributed by atoms with Crippen molar-refractivity contribution in [1.82, 2.24) is 4.31 Å². The molecule has 16 heavy (non-hydrogen) atoms. The molecule has 0 radical (unpaired) electrons. The number of nitrogens with zero attached hydrogens (tertiary/aromatic N) is 1. The number of alkyl halides is 3. The van der Waals surface area contributed by atoms with Crippen molar-refractivity contribution in [2.75, 3.05) is 12.8 Å². The summed E-state index contributed by atoms with van der Waals surface area (Å²) in [5, 5.41) is 8.52. The van der Waals surface area contributed by atoms with Crippen molar-refractivity contribution in [3.05, 3.63) is 0 Å². The first kappa shape index (κ1) is 15.2. The topological polar surface area (TPSA) is 74.7 Å². The molecule has 0 rings (SSSR count). The Kier molecular flexibility index (Phi) is 4.74. The van der Waals surface area contributed by atoms with E-state index in [9.17, 15) is 26.4 Å². The van der Waals surface area contributed by atoms with E-state index in [-0.39, 0.29) is 0 Å². The van der Waals surface area contributed by atoms with E-state index in [1.807, 2.05) is 0 Å². The molecule has 0 aliphatic carbocycles. The predicted octanol–water partition coefficient (Wildman–Crippen LogP) is 0.673. The van der Waals surface area contributed by atoms with Crippen LogP contribution < -0.4 is 0 Å². The van der Waals surface area contributed by atoms with Gasteiger partial charge in [0.1, 0.15) is 6.04 Å². The molecule has 0 aromatic carbocycles. The molecule has 1 unspecified atom stereocenters. The maximum Gasteiger partial charge on any atom is 0.390 e. The standard InChI is InChI=1S/C7H12F3NO4S/c1-5(6(12)13)11(2)16(14,15)4-3-7(8,9)10/h5H,3-4H2,1-2H3,(H,12,13). The molecule has 0 saturated carbocycles. The van der Waals surface area contributed by atoms with Crippen molar-refractivity contribution < 1.29 is 31.5 Å². The zero-order valence-corrected chi connectivity index (χ0v) is 9.47. The van der Waals surface area contributed by atoms with Crippen molar-refractivity contribution in [2.24, 2.45) is 0 Å². The molecule has 9 heteroatoms. The molecule has 0 aliphatic heterocycles. The van der Waals surface area contributed by atoms with Gasteiger partial charge in [-0.1, -0.05) is 0 Å². The number of rotatable bonds is 5. The van der Waals surface area contributed by atoms with Crippen LogP contribution in [0.3, 0.4) is 0 Å². The Balaban J connectivity index is 4.62. The summed E-state index contributed by atoms with van der Waals surface area (Å²) >= 11 is 0. The Bertz CT molecular complexity index is 351. The van der Waals surface area contributed by atoms with Gasteiger partial charge in [0.05, 0.1) is 12.2 Å². The Morgan fingerprint density at radius 2 is 1.88 bits per heavy atom. The van der Waals surface area contributed by atoms with E-state index in [1.54, 1.807) is 0 Å². The molecule has 96 valence electrons. The summed E-state index contributed by atoms with van der Waals surface area (Å²) in [4.78, 5) is 10.5. The van der Waals surface area contributed by atoms with Gasteiger partial charge in [-0.15, -0.1) is 0 Å². The van der Waals surface area contributed by atoms with Crippen LogP contribution in [0.25, 0.3) is 0 Å². The summed E-state index contributed by atoms with van der Waals surface area (Å²) < 4.78 is 58.4. The van der Waals surface area contributed by atoms with Crippen LogP contribution in [0.15, 0.2) is 0 Å². The monoisotopic (exact) mass is 263 g/mol. The molecular weight excluding hydrogens is 251 g/mol. The van der Waals surface area contributed by atoms with E-state index in [0.717, 1.165) is 14.0 Å². The quantitative estimate of drug-likeness (QED) is 0.791. The molecule has 1 N–H and O–H groups in total. The van der Waals surface area contributed by atoms with Gasteiger partial charge in [-0.05, 0) is 6.92 Å². The van der Waals surface area contributed by atoms with Crippen molar-refractivity contribution in [3.8, 4) is 0 Å². The van der Waals surface area contributed by atoms with Crippen LogP contribution in [-0.4, -0.2) is 48.8 Å². The van der Waals surface area contributed by atoms with Crippen molar-refractivity contribution in [1.29, 1.82) is 0 Å². The Labute approximate surface area is 90.9 Å². The molecule has 1 atom stereocenters. The van der Waals surface area contributed by atoms with Gasteiger partial charge in [0, 0.05) is 7.05 Å². The lowest BCUT2D eigenvalue weighted by Gasteiger charge is -2.21. The summed E-state index contributed by atoms with van der Waals surface area (Å²) in [6.45, 7) is 1.08. The van der Waals surface area contributed by atoms with Gasteiger partial charge < -0.3 is 5.11 Å². The minimum Gasteiger partial charge on any atom is -0.480 e. The summed E-state index contributed by atoms with van der Waals surface area (Å²) in [6, 6.07) is -1.39. The molecule has 0 saturated heterocycles. The third-order valence-corrected chi connectivity index (χ3v) is 3.90. The van der Waals surface area contributed by atoms with Crippen LogP contribution in [0.1, 0.15) is 13.3 Å². The van der Waals surface area contributed by atoms with E-state index in [2.05, 4.69) is 0 Å². The molecular formula is C7H12F3NO4S. The number of carboxylic acids is 1. The number of hydrogen-bond acceptors (Lipinski definition) is 3. The molecule has 0 bridgehead atoms. The minimum atomic E-state index is -4.58. The number of carbonyl (C=O) groups is 1. The van der Waals surface area contributed by atoms with Gasteiger partial charge in [-0.25, -0.2) is 8.42 Å². The molecule has 0 aromatic heterocycles. The highest BCUT2D eigenvalue weighted by Crippen LogP contribution is 2.21. The summed E-state index contributed by atoms with van der Waals surface area (Å²) in [6.07, 6.45) is -6.08. The first-order valence-electron chi connectivity index (χ1n) is 4.22. The van der Waals surface area contributed by atoms with Crippen LogP contribution in [-0.2, 0) is 14.8 Å². The number of halogens is 3. The van der Waals surface area contributed by atoms with Gasteiger partial charge in [-0.3, -0.25) is 4.79 Å². The normalized spacial score (nSPS) is 15.1. The van der Waals surface area contributed by atoms with E-state index in [0.29, 0.717) is 4.31 Å². The SMILES string of the molecule is CC(C(=O)O)N(C)S(=O)(=O)CCC(F)(F)F. The largest absolute Gasteiger partial charge is 0.480 e. The van der Waals surface area contributed by atoms with E-state index in [4.69, 9.17) is 5.11 Å². The molecule has 0 aromatic rings. The maximum atomic E-state index is 11.8. The van der Waals surface area contributed by atoms with Gasteiger partial charge in [-0.2, -0.15) is 17.5 Å². The van der Waals surface area contributed by atoms with Gasteiger partial charge in [0.2, 0.25) is 10.0 Å². The molecule has 5 nitrogen and oxygen atoms in total. The Hall–Kier alpha value is -0.830. The number of hydrogen-bond donors (Lipinski definition) is 1. The first-order chi connectivity index (χ1) is 6.97. The van der Waals surface area contributed by atoms with Crippen LogP contribution in [0.4, 0.5) is 13.2 Å². The molecule has 0 fully saturated rings. The Morgan fingerprint density at radius 3 is 2.19 bits per heavy atom. The number of carboxylic acid groups (broad SMARTS) is 1. The average Bonchev–Trinajstić information content (AvgIpc) is 2.11. The van der Waals surface area contributed by atoms with Crippen LogP contribution in [0.2, 0.25) is 0 Å². The molecule has 0 amide bonds. The number of likely N-dealkylation sites (N-methyl/N-ethyl adjacent to an activating group) is 1. The van der Waals surface area contributed by atoms with E-state index >= 15 is 0 Å². The zero-order chi connectivity index (χ0) is 13.1.